The number of hydrogen-bond acceptors (Lipinski definition) is 5. The predicted molar refractivity (Wildman–Crippen MR) is 122 cm³/mol. The van der Waals surface area contributed by atoms with E-state index in [1.165, 1.54) is 17.3 Å². The second kappa shape index (κ2) is 10.2. The lowest BCUT2D eigenvalue weighted by Gasteiger charge is -2.11. The first-order chi connectivity index (χ1) is 14.4. The summed E-state index contributed by atoms with van der Waals surface area (Å²) in [7, 11) is 0. The summed E-state index contributed by atoms with van der Waals surface area (Å²) in [5.74, 6) is 1.48. The normalized spacial score (nSPS) is 10.8. The molecule has 0 fully saturated rings. The molecular formula is C21H22Cl2N4O2S. The predicted octanol–water partition coefficient (Wildman–Crippen LogP) is 5.53. The Hall–Kier alpha value is -2.22. The van der Waals surface area contributed by atoms with Crippen LogP contribution in [0.2, 0.25) is 10.0 Å². The first-order valence-corrected chi connectivity index (χ1v) is 11.1. The number of aryl methyl sites for hydroxylation is 2. The smallest absolute Gasteiger partial charge is 0.234 e. The Morgan fingerprint density at radius 2 is 1.97 bits per heavy atom. The van der Waals surface area contributed by atoms with Gasteiger partial charge in [-0.25, -0.2) is 0 Å². The van der Waals surface area contributed by atoms with Gasteiger partial charge in [0.2, 0.25) is 5.91 Å². The van der Waals surface area contributed by atoms with E-state index < -0.39 is 0 Å². The van der Waals surface area contributed by atoms with Crippen molar-refractivity contribution in [1.29, 1.82) is 0 Å². The molecule has 158 valence electrons. The highest BCUT2D eigenvalue weighted by Gasteiger charge is 2.15. The molecule has 0 bridgehead atoms. The van der Waals surface area contributed by atoms with Crippen LogP contribution in [-0.2, 0) is 17.9 Å². The molecule has 6 nitrogen and oxygen atoms in total. The van der Waals surface area contributed by atoms with Gasteiger partial charge in [0.15, 0.2) is 11.0 Å². The van der Waals surface area contributed by atoms with E-state index >= 15 is 0 Å². The highest BCUT2D eigenvalue weighted by molar-refractivity contribution is 7.99. The monoisotopic (exact) mass is 464 g/mol. The van der Waals surface area contributed by atoms with Gasteiger partial charge in [0.05, 0.1) is 16.5 Å². The summed E-state index contributed by atoms with van der Waals surface area (Å²) >= 11 is 13.4. The number of ether oxygens (including phenoxy) is 1. The van der Waals surface area contributed by atoms with Gasteiger partial charge in [0, 0.05) is 11.6 Å². The van der Waals surface area contributed by atoms with E-state index in [2.05, 4.69) is 21.6 Å². The number of amides is 1. The molecule has 1 heterocycles. The number of thioether (sulfide) groups is 1. The van der Waals surface area contributed by atoms with Gasteiger partial charge in [0.1, 0.15) is 12.4 Å². The second-order valence-electron chi connectivity index (χ2n) is 6.66. The molecule has 0 aliphatic carbocycles. The largest absolute Gasteiger partial charge is 0.485 e. The molecule has 0 spiro atoms. The molecule has 3 aromatic rings. The number of anilines is 1. The summed E-state index contributed by atoms with van der Waals surface area (Å²) in [6.07, 6.45) is 0. The van der Waals surface area contributed by atoms with Crippen molar-refractivity contribution in [2.24, 2.45) is 0 Å². The van der Waals surface area contributed by atoms with Crippen molar-refractivity contribution >= 4 is 46.6 Å². The van der Waals surface area contributed by atoms with Crippen molar-refractivity contribution in [3.63, 3.8) is 0 Å². The average molecular weight is 465 g/mol. The number of benzene rings is 2. The lowest BCUT2D eigenvalue weighted by Crippen LogP contribution is -2.15. The van der Waals surface area contributed by atoms with Gasteiger partial charge in [-0.05, 0) is 50.6 Å². The molecule has 2 aromatic carbocycles. The lowest BCUT2D eigenvalue weighted by molar-refractivity contribution is -0.113. The first kappa shape index (κ1) is 22.5. The SMILES string of the molecule is CCn1c(COc2ccc(C)cc2C)nnc1SCC(=O)Nc1cc(Cl)ccc1Cl. The van der Waals surface area contributed by atoms with Crippen LogP contribution in [0.3, 0.4) is 0 Å². The summed E-state index contributed by atoms with van der Waals surface area (Å²) in [5.41, 5.74) is 2.74. The van der Waals surface area contributed by atoms with Gasteiger partial charge in [-0.3, -0.25) is 4.79 Å². The van der Waals surface area contributed by atoms with Crippen LogP contribution in [0.25, 0.3) is 0 Å². The topological polar surface area (TPSA) is 69.0 Å². The maximum atomic E-state index is 12.3. The fourth-order valence-electron chi connectivity index (χ4n) is 2.86. The fraction of sp³-hybridized carbons (Fsp3) is 0.286. The van der Waals surface area contributed by atoms with Crippen LogP contribution in [0.4, 0.5) is 5.69 Å². The third kappa shape index (κ3) is 5.68. The molecule has 9 heteroatoms. The Morgan fingerprint density at radius 1 is 1.17 bits per heavy atom. The number of nitrogens with zero attached hydrogens (tertiary/aromatic N) is 3. The summed E-state index contributed by atoms with van der Waals surface area (Å²) in [6, 6.07) is 11.0. The van der Waals surface area contributed by atoms with E-state index in [0.29, 0.717) is 39.9 Å². The summed E-state index contributed by atoms with van der Waals surface area (Å²) in [4.78, 5) is 12.3. The summed E-state index contributed by atoms with van der Waals surface area (Å²) in [6.45, 7) is 7.03. The zero-order valence-corrected chi connectivity index (χ0v) is 19.2. The Bertz CT molecular complexity index is 1060. The van der Waals surface area contributed by atoms with E-state index in [9.17, 15) is 4.79 Å². The van der Waals surface area contributed by atoms with E-state index in [1.807, 2.05) is 37.5 Å². The maximum Gasteiger partial charge on any atom is 0.234 e. The highest BCUT2D eigenvalue weighted by Crippen LogP contribution is 2.26. The zero-order valence-electron chi connectivity index (χ0n) is 16.9. The van der Waals surface area contributed by atoms with Gasteiger partial charge in [-0.15, -0.1) is 10.2 Å². The Kier molecular flexibility index (Phi) is 7.64. The molecule has 0 saturated heterocycles. The molecule has 30 heavy (non-hydrogen) atoms. The summed E-state index contributed by atoms with van der Waals surface area (Å²) < 4.78 is 7.86. The van der Waals surface area contributed by atoms with E-state index in [1.54, 1.807) is 18.2 Å². The van der Waals surface area contributed by atoms with Crippen LogP contribution in [0, 0.1) is 13.8 Å². The minimum atomic E-state index is -0.206. The standard InChI is InChI=1S/C21H22Cl2N4O2S/c1-4-27-19(11-29-18-8-5-13(2)9-14(18)3)25-26-21(27)30-12-20(28)24-17-10-15(22)6-7-16(17)23/h5-10H,4,11-12H2,1-3H3,(H,24,28). The van der Waals surface area contributed by atoms with Crippen LogP contribution in [0.5, 0.6) is 5.75 Å². The molecule has 0 unspecified atom stereocenters. The third-order valence-corrected chi connectivity index (χ3v) is 5.86. The minimum Gasteiger partial charge on any atom is -0.485 e. The fourth-order valence-corrected chi connectivity index (χ4v) is 4.02. The number of hydrogen-bond donors (Lipinski definition) is 1. The van der Waals surface area contributed by atoms with Gasteiger partial charge < -0.3 is 14.6 Å². The number of aromatic nitrogens is 3. The van der Waals surface area contributed by atoms with Crippen molar-refractivity contribution in [3.05, 3.63) is 63.4 Å². The quantitative estimate of drug-likeness (QED) is 0.443. The number of halogens is 2. The Labute approximate surface area is 189 Å². The molecular weight excluding hydrogens is 443 g/mol. The Morgan fingerprint density at radius 3 is 2.70 bits per heavy atom. The van der Waals surface area contributed by atoms with Crippen LogP contribution in [0.15, 0.2) is 41.6 Å². The van der Waals surface area contributed by atoms with Gasteiger partial charge in [-0.1, -0.05) is 52.7 Å². The molecule has 3 rings (SSSR count). The molecule has 0 atom stereocenters. The lowest BCUT2D eigenvalue weighted by atomic mass is 10.1. The molecule has 1 amide bonds. The van der Waals surface area contributed by atoms with Gasteiger partial charge in [-0.2, -0.15) is 0 Å². The van der Waals surface area contributed by atoms with Crippen molar-refractivity contribution < 1.29 is 9.53 Å². The average Bonchev–Trinajstić information content (AvgIpc) is 3.10. The van der Waals surface area contributed by atoms with Gasteiger partial charge >= 0.3 is 0 Å². The summed E-state index contributed by atoms with van der Waals surface area (Å²) in [5, 5.41) is 12.8. The van der Waals surface area contributed by atoms with Crippen LogP contribution in [0.1, 0.15) is 23.9 Å². The molecule has 1 N–H and O–H groups in total. The number of nitrogens with one attached hydrogen (secondary N) is 1. The van der Waals surface area contributed by atoms with E-state index in [0.717, 1.165) is 11.3 Å². The first-order valence-electron chi connectivity index (χ1n) is 9.37. The Balaban J connectivity index is 1.61. The molecule has 0 radical (unpaired) electrons. The maximum absolute atomic E-state index is 12.3. The zero-order chi connectivity index (χ0) is 21.7. The second-order valence-corrected chi connectivity index (χ2v) is 8.45. The van der Waals surface area contributed by atoms with Crippen molar-refractivity contribution in [2.45, 2.75) is 39.1 Å². The van der Waals surface area contributed by atoms with Crippen LogP contribution in [-0.4, -0.2) is 26.4 Å². The van der Waals surface area contributed by atoms with Crippen LogP contribution >= 0.6 is 35.0 Å². The van der Waals surface area contributed by atoms with E-state index in [-0.39, 0.29) is 11.7 Å². The third-order valence-electron chi connectivity index (χ3n) is 4.33. The van der Waals surface area contributed by atoms with Crippen molar-refractivity contribution in [3.8, 4) is 5.75 Å². The van der Waals surface area contributed by atoms with E-state index in [4.69, 9.17) is 27.9 Å². The van der Waals surface area contributed by atoms with Crippen molar-refractivity contribution in [2.75, 3.05) is 11.1 Å². The van der Waals surface area contributed by atoms with Crippen molar-refractivity contribution in [1.82, 2.24) is 14.8 Å². The highest BCUT2D eigenvalue weighted by atomic mass is 35.5. The van der Waals surface area contributed by atoms with Crippen LogP contribution < -0.4 is 10.1 Å². The minimum absolute atomic E-state index is 0.166. The number of rotatable bonds is 8. The number of carbonyl (C=O) groups excluding carboxylic acids is 1. The van der Waals surface area contributed by atoms with Gasteiger partial charge in [0.25, 0.3) is 0 Å². The number of carbonyl (C=O) groups is 1. The molecule has 0 saturated carbocycles. The molecule has 1 aromatic heterocycles. The molecule has 0 aliphatic heterocycles. The molecule has 0 aliphatic rings.